The lowest BCUT2D eigenvalue weighted by Crippen LogP contribution is -2.31. The Morgan fingerprint density at radius 1 is 1.48 bits per heavy atom. The Morgan fingerprint density at radius 3 is 2.86 bits per heavy atom. The molecule has 116 valence electrons. The Balaban J connectivity index is 2.30. The number of fused-ring (bicyclic) bond motifs is 1. The van der Waals surface area contributed by atoms with E-state index in [2.05, 4.69) is 15.4 Å². The molecule has 2 rings (SSSR count). The van der Waals surface area contributed by atoms with E-state index in [1.54, 1.807) is 7.11 Å². The molecule has 1 amide bonds. The third kappa shape index (κ3) is 3.19. The van der Waals surface area contributed by atoms with Gasteiger partial charge in [0.1, 0.15) is 17.9 Å². The highest BCUT2D eigenvalue weighted by Crippen LogP contribution is 2.20. The number of imidazole rings is 1. The second-order valence-corrected chi connectivity index (χ2v) is 4.93. The minimum absolute atomic E-state index is 0.0979. The number of aryl methyl sites for hydroxylation is 2. The minimum Gasteiger partial charge on any atom is -0.383 e. The third-order valence-corrected chi connectivity index (χ3v) is 3.47. The fourth-order valence-corrected chi connectivity index (χ4v) is 2.45. The van der Waals surface area contributed by atoms with Gasteiger partial charge in [0.15, 0.2) is 5.65 Å². The van der Waals surface area contributed by atoms with Gasteiger partial charge in [-0.25, -0.2) is 9.67 Å². The zero-order valence-electron chi connectivity index (χ0n) is 12.5. The van der Waals surface area contributed by atoms with Crippen molar-refractivity contribution in [2.45, 2.75) is 32.8 Å². The smallest absolute Gasteiger partial charge is 0.240 e. The Kier molecular flexibility index (Phi) is 5.19. The largest absolute Gasteiger partial charge is 0.383 e. The number of nitrogens with zero attached hydrogens (tertiary/aromatic N) is 4. The molecule has 1 N–H and O–H groups in total. The molecule has 0 unspecified atom stereocenters. The molecule has 0 aliphatic heterocycles. The van der Waals surface area contributed by atoms with Gasteiger partial charge in [0.2, 0.25) is 5.91 Å². The van der Waals surface area contributed by atoms with Crippen LogP contribution in [0.3, 0.4) is 0 Å². The lowest BCUT2D eigenvalue weighted by Gasteiger charge is -2.09. The third-order valence-electron chi connectivity index (χ3n) is 3.23. The highest BCUT2D eigenvalue weighted by molar-refractivity contribution is 6.16. The second kappa shape index (κ2) is 6.91. The van der Waals surface area contributed by atoms with Crippen molar-refractivity contribution in [1.29, 1.82) is 0 Å². The van der Waals surface area contributed by atoms with Crippen LogP contribution in [0.25, 0.3) is 11.2 Å². The van der Waals surface area contributed by atoms with Crippen molar-refractivity contribution in [3.63, 3.8) is 0 Å². The zero-order chi connectivity index (χ0) is 15.4. The number of alkyl halides is 1. The number of ether oxygens (including phenoxy) is 1. The van der Waals surface area contributed by atoms with Crippen LogP contribution in [-0.2, 0) is 28.5 Å². The fraction of sp³-hybridized carbons (Fsp3) is 0.615. The summed E-state index contributed by atoms with van der Waals surface area (Å²) in [5.74, 6) is 0.832. The maximum absolute atomic E-state index is 12.0. The number of hydrogen-bond acceptors (Lipinski definition) is 4. The Hall–Kier alpha value is -1.60. The average molecular weight is 314 g/mol. The van der Waals surface area contributed by atoms with Gasteiger partial charge in [0.25, 0.3) is 0 Å². The van der Waals surface area contributed by atoms with Crippen LogP contribution in [-0.4, -0.2) is 45.5 Å². The molecule has 0 spiro atoms. The summed E-state index contributed by atoms with van der Waals surface area (Å²) in [6.45, 7) is 5.76. The summed E-state index contributed by atoms with van der Waals surface area (Å²) in [7, 11) is 1.60. The number of amides is 1. The fourth-order valence-electron chi connectivity index (χ4n) is 2.25. The van der Waals surface area contributed by atoms with E-state index in [9.17, 15) is 4.79 Å². The van der Waals surface area contributed by atoms with Crippen LogP contribution in [0.5, 0.6) is 0 Å². The normalized spacial score (nSPS) is 11.2. The summed E-state index contributed by atoms with van der Waals surface area (Å²) in [6, 6.07) is 0. The molecule has 21 heavy (non-hydrogen) atoms. The quantitative estimate of drug-likeness (QED) is 0.613. The van der Waals surface area contributed by atoms with E-state index in [4.69, 9.17) is 16.3 Å². The topological polar surface area (TPSA) is 74.0 Å². The molecule has 0 fully saturated rings. The molecule has 0 saturated carbocycles. The lowest BCUT2D eigenvalue weighted by atomic mass is 10.4. The van der Waals surface area contributed by atoms with Gasteiger partial charge >= 0.3 is 0 Å². The number of carbonyl (C=O) groups is 1. The maximum atomic E-state index is 12.0. The Labute approximate surface area is 128 Å². The molecule has 0 atom stereocenters. The van der Waals surface area contributed by atoms with Crippen molar-refractivity contribution in [2.75, 3.05) is 20.3 Å². The van der Waals surface area contributed by atoms with Gasteiger partial charge in [-0.15, -0.1) is 11.6 Å². The standard InChI is InChI=1S/C13H20ClN5O2/c1-4-19-13-12(9(2)17-19)16-10(7-14)18(13)8-11(20)15-5-6-21-3/h4-8H2,1-3H3,(H,15,20). The van der Waals surface area contributed by atoms with E-state index >= 15 is 0 Å². The molecule has 0 radical (unpaired) electrons. The van der Waals surface area contributed by atoms with Gasteiger partial charge in [-0.1, -0.05) is 0 Å². The average Bonchev–Trinajstić information content (AvgIpc) is 2.98. The highest BCUT2D eigenvalue weighted by Gasteiger charge is 2.19. The number of aromatic nitrogens is 4. The summed E-state index contributed by atoms with van der Waals surface area (Å²) < 4.78 is 8.58. The predicted octanol–water partition coefficient (Wildman–Crippen LogP) is 1.06. The minimum atomic E-state index is -0.0979. The van der Waals surface area contributed by atoms with Gasteiger partial charge in [0.05, 0.1) is 18.2 Å². The van der Waals surface area contributed by atoms with E-state index in [0.717, 1.165) is 16.9 Å². The first-order chi connectivity index (χ1) is 10.1. The summed E-state index contributed by atoms with van der Waals surface area (Å²) in [5, 5.41) is 7.22. The molecule has 2 aromatic heterocycles. The first-order valence-corrected chi connectivity index (χ1v) is 7.39. The van der Waals surface area contributed by atoms with Crippen LogP contribution in [0, 0.1) is 6.92 Å². The van der Waals surface area contributed by atoms with Crippen LogP contribution < -0.4 is 5.32 Å². The molecule has 0 bridgehead atoms. The molecule has 7 nitrogen and oxygen atoms in total. The van der Waals surface area contributed by atoms with Crippen molar-refractivity contribution in [2.24, 2.45) is 0 Å². The molecule has 2 heterocycles. The first-order valence-electron chi connectivity index (χ1n) is 6.86. The van der Waals surface area contributed by atoms with Crippen LogP contribution in [0.2, 0.25) is 0 Å². The van der Waals surface area contributed by atoms with E-state index in [1.807, 2.05) is 23.1 Å². The number of carbonyl (C=O) groups excluding carboxylic acids is 1. The van der Waals surface area contributed by atoms with Gasteiger partial charge in [-0.2, -0.15) is 5.10 Å². The van der Waals surface area contributed by atoms with Crippen LogP contribution >= 0.6 is 11.6 Å². The van der Waals surface area contributed by atoms with E-state index in [1.165, 1.54) is 0 Å². The van der Waals surface area contributed by atoms with Gasteiger partial charge in [-0.3, -0.25) is 4.79 Å². The summed E-state index contributed by atoms with van der Waals surface area (Å²) in [5.41, 5.74) is 2.49. The Bertz CT molecular complexity index is 634. The first kappa shape index (κ1) is 15.8. The molecular weight excluding hydrogens is 294 g/mol. The van der Waals surface area contributed by atoms with Crippen molar-refractivity contribution in [3.8, 4) is 0 Å². The number of nitrogens with one attached hydrogen (secondary N) is 1. The lowest BCUT2D eigenvalue weighted by molar-refractivity contribution is -0.121. The van der Waals surface area contributed by atoms with Crippen LogP contribution in [0.4, 0.5) is 0 Å². The van der Waals surface area contributed by atoms with Gasteiger partial charge in [0, 0.05) is 20.2 Å². The van der Waals surface area contributed by atoms with Crippen LogP contribution in [0.15, 0.2) is 0 Å². The second-order valence-electron chi connectivity index (χ2n) is 4.66. The Morgan fingerprint density at radius 2 is 2.24 bits per heavy atom. The van der Waals surface area contributed by atoms with Gasteiger partial charge < -0.3 is 14.6 Å². The zero-order valence-corrected chi connectivity index (χ0v) is 13.3. The molecule has 0 aliphatic carbocycles. The van der Waals surface area contributed by atoms with Crippen molar-refractivity contribution in [3.05, 3.63) is 11.5 Å². The monoisotopic (exact) mass is 313 g/mol. The van der Waals surface area contributed by atoms with Crippen LogP contribution in [0.1, 0.15) is 18.4 Å². The summed E-state index contributed by atoms with van der Waals surface area (Å²) >= 11 is 5.95. The molecule has 2 aromatic rings. The van der Waals surface area contributed by atoms with E-state index in [0.29, 0.717) is 25.5 Å². The van der Waals surface area contributed by atoms with E-state index < -0.39 is 0 Å². The van der Waals surface area contributed by atoms with Crippen molar-refractivity contribution < 1.29 is 9.53 Å². The molecule has 0 aromatic carbocycles. The number of halogens is 1. The number of rotatable bonds is 7. The van der Waals surface area contributed by atoms with Crippen molar-refractivity contribution >= 4 is 28.7 Å². The summed E-state index contributed by atoms with van der Waals surface area (Å²) in [4.78, 5) is 16.5. The highest BCUT2D eigenvalue weighted by atomic mass is 35.5. The predicted molar refractivity (Wildman–Crippen MR) is 80.4 cm³/mol. The molecular formula is C13H20ClN5O2. The number of methoxy groups -OCH3 is 1. The maximum Gasteiger partial charge on any atom is 0.240 e. The van der Waals surface area contributed by atoms with Gasteiger partial charge in [-0.05, 0) is 13.8 Å². The number of hydrogen-bond donors (Lipinski definition) is 1. The summed E-state index contributed by atoms with van der Waals surface area (Å²) in [6.07, 6.45) is 0. The SMILES string of the molecule is CCn1nc(C)c2nc(CCl)n(CC(=O)NCCOC)c21. The molecule has 0 aliphatic rings. The van der Waals surface area contributed by atoms with E-state index in [-0.39, 0.29) is 18.3 Å². The molecule has 8 heteroatoms. The van der Waals surface area contributed by atoms with Crippen molar-refractivity contribution in [1.82, 2.24) is 24.6 Å². The molecule has 0 saturated heterocycles.